The molecule has 3 atom stereocenters. The van der Waals surface area contributed by atoms with Gasteiger partial charge in [0, 0.05) is 11.2 Å². The second-order valence-electron chi connectivity index (χ2n) is 6.93. The first-order valence-corrected chi connectivity index (χ1v) is 9.86. The maximum absolute atomic E-state index is 11.2. The molecule has 0 aliphatic heterocycles. The molecule has 0 spiro atoms. The van der Waals surface area contributed by atoms with E-state index in [1.807, 2.05) is 54.6 Å². The molecule has 4 N–H and O–H groups in total. The van der Waals surface area contributed by atoms with E-state index in [-0.39, 0.29) is 5.92 Å². The summed E-state index contributed by atoms with van der Waals surface area (Å²) in [5.74, 6) is -2.37. The molecule has 0 aliphatic carbocycles. The Labute approximate surface area is 184 Å². The molecule has 7 nitrogen and oxygen atoms in total. The van der Waals surface area contributed by atoms with E-state index in [1.54, 1.807) is 18.3 Å². The molecule has 0 fully saturated rings. The number of carbonyl (C=O) groups is 2. The number of carboxylic acid groups (broad SMARTS) is 2. The number of halogens is 1. The van der Waals surface area contributed by atoms with Crippen LogP contribution in [0.4, 0.5) is 0 Å². The normalized spacial score (nSPS) is 13.7. The first-order valence-electron chi connectivity index (χ1n) is 9.48. The molecule has 3 aromatic rings. The van der Waals surface area contributed by atoms with E-state index in [0.29, 0.717) is 10.8 Å². The van der Waals surface area contributed by atoms with Crippen LogP contribution in [0.2, 0.25) is 5.02 Å². The SMILES string of the molecule is N[C@H](C(=O)O)C(CC(=O)O)Oc1ccc(C(c2ccc(Cl)cc2)c2ccccn2)cc1. The minimum absolute atomic E-state index is 0.163. The van der Waals surface area contributed by atoms with Gasteiger partial charge in [0.15, 0.2) is 0 Å². The lowest BCUT2D eigenvalue weighted by molar-refractivity contribution is -0.143. The molecule has 0 saturated heterocycles. The van der Waals surface area contributed by atoms with Gasteiger partial charge in [-0.25, -0.2) is 0 Å². The van der Waals surface area contributed by atoms with Crippen LogP contribution in [0.25, 0.3) is 0 Å². The Morgan fingerprint density at radius 1 is 0.968 bits per heavy atom. The second-order valence-corrected chi connectivity index (χ2v) is 7.36. The highest BCUT2D eigenvalue weighted by atomic mass is 35.5. The summed E-state index contributed by atoms with van der Waals surface area (Å²) in [4.78, 5) is 26.7. The molecule has 31 heavy (non-hydrogen) atoms. The van der Waals surface area contributed by atoms with Gasteiger partial charge in [-0.05, 0) is 47.5 Å². The highest BCUT2D eigenvalue weighted by molar-refractivity contribution is 6.30. The molecule has 8 heteroatoms. The number of benzene rings is 2. The van der Waals surface area contributed by atoms with Gasteiger partial charge in [0.05, 0.1) is 18.0 Å². The molecule has 0 bridgehead atoms. The number of aromatic nitrogens is 1. The minimum atomic E-state index is -1.47. The maximum Gasteiger partial charge on any atom is 0.324 e. The van der Waals surface area contributed by atoms with Gasteiger partial charge in [0.1, 0.15) is 17.9 Å². The number of nitrogens with two attached hydrogens (primary N) is 1. The third-order valence-corrected chi connectivity index (χ3v) is 5.00. The zero-order chi connectivity index (χ0) is 22.4. The summed E-state index contributed by atoms with van der Waals surface area (Å²) in [6, 6.07) is 18.7. The highest BCUT2D eigenvalue weighted by Gasteiger charge is 2.28. The van der Waals surface area contributed by atoms with Crippen LogP contribution in [0.1, 0.15) is 29.2 Å². The third-order valence-electron chi connectivity index (χ3n) is 4.75. The quantitative estimate of drug-likeness (QED) is 0.465. The van der Waals surface area contributed by atoms with Crippen molar-refractivity contribution in [3.8, 4) is 5.75 Å². The third kappa shape index (κ3) is 5.81. The molecule has 2 unspecified atom stereocenters. The molecule has 0 saturated carbocycles. The van der Waals surface area contributed by atoms with Crippen LogP contribution < -0.4 is 10.5 Å². The summed E-state index contributed by atoms with van der Waals surface area (Å²) in [5, 5.41) is 18.8. The van der Waals surface area contributed by atoms with Gasteiger partial charge in [-0.3, -0.25) is 14.6 Å². The molecule has 1 heterocycles. The van der Waals surface area contributed by atoms with Crippen LogP contribution in [0.15, 0.2) is 72.9 Å². The van der Waals surface area contributed by atoms with Crippen molar-refractivity contribution in [2.75, 3.05) is 0 Å². The van der Waals surface area contributed by atoms with E-state index in [1.165, 1.54) is 0 Å². The Hall–Kier alpha value is -3.42. The highest BCUT2D eigenvalue weighted by Crippen LogP contribution is 2.32. The van der Waals surface area contributed by atoms with E-state index in [0.717, 1.165) is 16.8 Å². The molecule has 160 valence electrons. The van der Waals surface area contributed by atoms with Gasteiger partial charge in [-0.1, -0.05) is 41.9 Å². The van der Waals surface area contributed by atoms with E-state index in [2.05, 4.69) is 4.98 Å². The number of aliphatic carboxylic acids is 2. The van der Waals surface area contributed by atoms with Crippen LogP contribution in [0, 0.1) is 0 Å². The van der Waals surface area contributed by atoms with Gasteiger partial charge in [0.25, 0.3) is 0 Å². The fourth-order valence-corrected chi connectivity index (χ4v) is 3.35. The summed E-state index contributed by atoms with van der Waals surface area (Å²) < 4.78 is 5.59. The summed E-state index contributed by atoms with van der Waals surface area (Å²) >= 11 is 6.04. The number of carboxylic acids is 2. The number of nitrogens with zero attached hydrogens (tertiary/aromatic N) is 1. The fraction of sp³-hybridized carbons (Fsp3) is 0.174. The average molecular weight is 441 g/mol. The van der Waals surface area contributed by atoms with Gasteiger partial charge in [-0.2, -0.15) is 0 Å². The van der Waals surface area contributed by atoms with Crippen molar-refractivity contribution >= 4 is 23.5 Å². The van der Waals surface area contributed by atoms with Gasteiger partial charge >= 0.3 is 11.9 Å². The molecule has 3 rings (SSSR count). The van der Waals surface area contributed by atoms with Crippen molar-refractivity contribution in [1.82, 2.24) is 4.98 Å². The van der Waals surface area contributed by atoms with E-state index < -0.39 is 30.5 Å². The second kappa shape index (κ2) is 10.1. The predicted molar refractivity (Wildman–Crippen MR) is 115 cm³/mol. The molecule has 2 aromatic carbocycles. The molecule has 0 amide bonds. The van der Waals surface area contributed by atoms with Crippen molar-refractivity contribution in [3.63, 3.8) is 0 Å². The minimum Gasteiger partial charge on any atom is -0.488 e. The van der Waals surface area contributed by atoms with Crippen molar-refractivity contribution in [3.05, 3.63) is 94.8 Å². The number of pyridine rings is 1. The van der Waals surface area contributed by atoms with Crippen molar-refractivity contribution in [2.45, 2.75) is 24.5 Å². The van der Waals surface area contributed by atoms with E-state index in [9.17, 15) is 9.59 Å². The zero-order valence-electron chi connectivity index (χ0n) is 16.4. The molecule has 0 radical (unpaired) electrons. The molecule has 0 aliphatic rings. The van der Waals surface area contributed by atoms with Crippen molar-refractivity contribution < 1.29 is 24.5 Å². The first kappa shape index (κ1) is 22.3. The van der Waals surface area contributed by atoms with Gasteiger partial charge < -0.3 is 20.7 Å². The first-order chi connectivity index (χ1) is 14.8. The Balaban J connectivity index is 1.90. The van der Waals surface area contributed by atoms with Crippen LogP contribution in [-0.4, -0.2) is 39.3 Å². The molecular formula is C23H21ClN2O5. The lowest BCUT2D eigenvalue weighted by Crippen LogP contribution is -2.46. The number of rotatable bonds is 9. The van der Waals surface area contributed by atoms with Crippen LogP contribution in [0.3, 0.4) is 0 Å². The smallest absolute Gasteiger partial charge is 0.324 e. The Bertz CT molecular complexity index is 1030. The van der Waals surface area contributed by atoms with Crippen molar-refractivity contribution in [1.29, 1.82) is 0 Å². The topological polar surface area (TPSA) is 123 Å². The fourth-order valence-electron chi connectivity index (χ4n) is 3.22. The standard InChI is InChI=1S/C23H21ClN2O5/c24-16-8-4-14(5-9-16)21(18-3-1-2-12-26-18)15-6-10-17(11-7-15)31-19(13-20(27)28)22(25)23(29)30/h1-12,19,21-22H,13,25H2,(H,27,28)(H,29,30)/t19?,21?,22-/m0/s1. The summed E-state index contributed by atoms with van der Waals surface area (Å²) in [6.45, 7) is 0. The Morgan fingerprint density at radius 3 is 2.10 bits per heavy atom. The maximum atomic E-state index is 11.2. The number of hydrogen-bond acceptors (Lipinski definition) is 5. The molecule has 1 aromatic heterocycles. The van der Waals surface area contributed by atoms with Crippen LogP contribution in [-0.2, 0) is 9.59 Å². The summed E-state index contributed by atoms with van der Waals surface area (Å²) in [6.07, 6.45) is -0.0144. The lowest BCUT2D eigenvalue weighted by Gasteiger charge is -2.22. The number of ether oxygens (including phenoxy) is 1. The Morgan fingerprint density at radius 2 is 1.58 bits per heavy atom. The van der Waals surface area contributed by atoms with Gasteiger partial charge in [0.2, 0.25) is 0 Å². The monoisotopic (exact) mass is 440 g/mol. The zero-order valence-corrected chi connectivity index (χ0v) is 17.1. The van der Waals surface area contributed by atoms with E-state index in [4.69, 9.17) is 32.3 Å². The summed E-state index contributed by atoms with van der Waals surface area (Å²) in [7, 11) is 0. The lowest BCUT2D eigenvalue weighted by atomic mass is 9.88. The molecular weight excluding hydrogens is 420 g/mol. The van der Waals surface area contributed by atoms with Crippen LogP contribution >= 0.6 is 11.6 Å². The number of hydrogen-bond donors (Lipinski definition) is 3. The average Bonchev–Trinajstić information content (AvgIpc) is 2.76. The summed E-state index contributed by atoms with van der Waals surface area (Å²) in [5.41, 5.74) is 8.35. The largest absolute Gasteiger partial charge is 0.488 e. The van der Waals surface area contributed by atoms with Crippen LogP contribution in [0.5, 0.6) is 5.75 Å². The van der Waals surface area contributed by atoms with Crippen molar-refractivity contribution in [2.24, 2.45) is 5.73 Å². The predicted octanol–water partition coefficient (Wildman–Crippen LogP) is 3.55. The Kier molecular flexibility index (Phi) is 7.23. The van der Waals surface area contributed by atoms with Gasteiger partial charge in [-0.15, -0.1) is 0 Å². The van der Waals surface area contributed by atoms with E-state index >= 15 is 0 Å².